The molecule has 3 aliphatic rings. The van der Waals surface area contributed by atoms with E-state index >= 15 is 0 Å². The lowest BCUT2D eigenvalue weighted by Gasteiger charge is -2.33. The molecule has 0 aromatic heterocycles. The van der Waals surface area contributed by atoms with E-state index in [4.69, 9.17) is 0 Å². The number of fused-ring (bicyclic) bond motifs is 12. The molecule has 0 N–H and O–H groups in total. The lowest BCUT2D eigenvalue weighted by molar-refractivity contribution is 0.795. The van der Waals surface area contributed by atoms with Crippen LogP contribution >= 0.6 is 11.8 Å². The maximum absolute atomic E-state index is 2.38. The van der Waals surface area contributed by atoms with E-state index in [0.717, 1.165) is 0 Å². The summed E-state index contributed by atoms with van der Waals surface area (Å²) < 4.78 is 0. The van der Waals surface area contributed by atoms with Gasteiger partial charge in [-0.05, 0) is 78.2 Å². The van der Waals surface area contributed by atoms with Gasteiger partial charge in [0.05, 0.1) is 5.41 Å². The predicted molar refractivity (Wildman–Crippen MR) is 175 cm³/mol. The first-order valence-corrected chi connectivity index (χ1v) is 15.4. The van der Waals surface area contributed by atoms with Crippen molar-refractivity contribution >= 4 is 22.5 Å². The summed E-state index contributed by atoms with van der Waals surface area (Å²) in [6, 6.07) is 54.6. The first-order chi connectivity index (χ1) is 20.9. The number of rotatable bonds is 1. The average Bonchev–Trinajstić information content (AvgIpc) is 3.53. The van der Waals surface area contributed by atoms with E-state index in [-0.39, 0.29) is 5.41 Å². The lowest BCUT2D eigenvalue weighted by atomic mass is 9.68. The first-order valence-electron chi connectivity index (χ1n) is 14.6. The summed E-state index contributed by atoms with van der Waals surface area (Å²) in [5.74, 6) is 0. The second-order valence-corrected chi connectivity index (χ2v) is 12.6. The van der Waals surface area contributed by atoms with Crippen LogP contribution in [0.3, 0.4) is 0 Å². The number of benzene rings is 7. The van der Waals surface area contributed by atoms with Crippen LogP contribution in [-0.4, -0.2) is 0 Å². The summed E-state index contributed by atoms with van der Waals surface area (Å²) in [5, 5.41) is 2.67. The average molecular weight is 549 g/mol. The van der Waals surface area contributed by atoms with Gasteiger partial charge in [0.1, 0.15) is 0 Å². The highest BCUT2D eigenvalue weighted by molar-refractivity contribution is 8.00. The van der Waals surface area contributed by atoms with Gasteiger partial charge in [-0.3, -0.25) is 0 Å². The Kier molecular flexibility index (Phi) is 4.41. The standard InChI is InChI=1S/C41H24S/c1-5-19-34-26(12-1)27-13-2-6-20-35(27)41(34)36-21-7-3-14-28(36)31-17-10-18-32(39(31)41)33-24-23-25-11-9-16-30-29-15-4-8-22-37(29)42-40(33)38(25)30/h1-24H. The molecule has 2 aliphatic carbocycles. The molecule has 1 aliphatic heterocycles. The maximum atomic E-state index is 2.38. The zero-order chi connectivity index (χ0) is 27.4. The molecule has 0 nitrogen and oxygen atoms in total. The largest absolute Gasteiger partial charge is 0.0881 e. The summed E-state index contributed by atoms with van der Waals surface area (Å²) in [4.78, 5) is 2.69. The van der Waals surface area contributed by atoms with Crippen LogP contribution in [0.15, 0.2) is 155 Å². The molecule has 0 atom stereocenters. The van der Waals surface area contributed by atoms with Crippen molar-refractivity contribution in [2.24, 2.45) is 0 Å². The molecule has 7 aromatic rings. The Labute approximate surface area is 249 Å². The van der Waals surface area contributed by atoms with Crippen molar-refractivity contribution in [2.75, 3.05) is 0 Å². The minimum absolute atomic E-state index is 0.367. The van der Waals surface area contributed by atoms with Crippen LogP contribution in [0.25, 0.3) is 55.3 Å². The zero-order valence-corrected chi connectivity index (χ0v) is 23.6. The Morgan fingerprint density at radius 2 is 0.857 bits per heavy atom. The van der Waals surface area contributed by atoms with Gasteiger partial charge in [0.2, 0.25) is 0 Å². The van der Waals surface area contributed by atoms with Crippen LogP contribution in [0, 0.1) is 0 Å². The summed E-state index contributed by atoms with van der Waals surface area (Å²) in [7, 11) is 0. The first kappa shape index (κ1) is 22.8. The van der Waals surface area contributed by atoms with Crippen LogP contribution in [0.5, 0.6) is 0 Å². The van der Waals surface area contributed by atoms with Crippen LogP contribution in [-0.2, 0) is 5.41 Å². The summed E-state index contributed by atoms with van der Waals surface area (Å²) >= 11 is 1.93. The predicted octanol–water partition coefficient (Wildman–Crippen LogP) is 11.0. The van der Waals surface area contributed by atoms with E-state index < -0.39 is 0 Å². The molecule has 42 heavy (non-hydrogen) atoms. The third-order valence-electron chi connectivity index (χ3n) is 9.69. The van der Waals surface area contributed by atoms with Crippen LogP contribution in [0.4, 0.5) is 0 Å². The van der Waals surface area contributed by atoms with Gasteiger partial charge in [-0.2, -0.15) is 0 Å². The van der Waals surface area contributed by atoms with Gasteiger partial charge in [0, 0.05) is 15.2 Å². The fourth-order valence-corrected chi connectivity index (χ4v) is 9.43. The Morgan fingerprint density at radius 3 is 1.55 bits per heavy atom. The molecule has 194 valence electrons. The molecular weight excluding hydrogens is 525 g/mol. The molecule has 0 saturated carbocycles. The molecule has 1 spiro atoms. The Morgan fingerprint density at radius 1 is 0.357 bits per heavy atom. The monoisotopic (exact) mass is 548 g/mol. The molecule has 10 rings (SSSR count). The van der Waals surface area contributed by atoms with Crippen LogP contribution in [0.2, 0.25) is 0 Å². The van der Waals surface area contributed by atoms with Gasteiger partial charge in [-0.25, -0.2) is 0 Å². The highest BCUT2D eigenvalue weighted by atomic mass is 32.2. The molecule has 0 unspecified atom stereocenters. The lowest BCUT2D eigenvalue weighted by Crippen LogP contribution is -2.26. The minimum atomic E-state index is -0.367. The maximum Gasteiger partial charge on any atom is 0.0731 e. The molecule has 1 heteroatoms. The van der Waals surface area contributed by atoms with Crippen molar-refractivity contribution in [3.05, 3.63) is 168 Å². The van der Waals surface area contributed by atoms with Crippen molar-refractivity contribution in [3.63, 3.8) is 0 Å². The van der Waals surface area contributed by atoms with Crippen molar-refractivity contribution in [3.8, 4) is 44.5 Å². The second kappa shape index (κ2) is 8.12. The van der Waals surface area contributed by atoms with Crippen molar-refractivity contribution < 1.29 is 0 Å². The van der Waals surface area contributed by atoms with Gasteiger partial charge in [0.15, 0.2) is 0 Å². The van der Waals surface area contributed by atoms with E-state index in [1.807, 2.05) is 11.8 Å². The Balaban J connectivity index is 1.37. The quantitative estimate of drug-likeness (QED) is 0.197. The van der Waals surface area contributed by atoms with E-state index in [0.29, 0.717) is 0 Å². The van der Waals surface area contributed by atoms with Gasteiger partial charge in [-0.1, -0.05) is 151 Å². The minimum Gasteiger partial charge on any atom is -0.0881 e. The molecule has 1 heterocycles. The highest BCUT2D eigenvalue weighted by Gasteiger charge is 2.52. The van der Waals surface area contributed by atoms with E-state index in [1.165, 1.54) is 87.3 Å². The second-order valence-electron chi connectivity index (χ2n) is 11.6. The molecule has 7 aromatic carbocycles. The molecule has 0 amide bonds. The number of hydrogen-bond donors (Lipinski definition) is 0. The Bertz CT molecular complexity index is 2230. The molecule has 0 bridgehead atoms. The van der Waals surface area contributed by atoms with E-state index in [1.54, 1.807) is 0 Å². The fraction of sp³-hybridized carbons (Fsp3) is 0.0244. The van der Waals surface area contributed by atoms with Crippen molar-refractivity contribution in [2.45, 2.75) is 15.2 Å². The topological polar surface area (TPSA) is 0 Å². The van der Waals surface area contributed by atoms with Crippen molar-refractivity contribution in [1.29, 1.82) is 0 Å². The van der Waals surface area contributed by atoms with Gasteiger partial charge >= 0.3 is 0 Å². The van der Waals surface area contributed by atoms with Gasteiger partial charge in [0.25, 0.3) is 0 Å². The highest BCUT2D eigenvalue weighted by Crippen LogP contribution is 2.65. The molecule has 0 radical (unpaired) electrons. The van der Waals surface area contributed by atoms with Gasteiger partial charge < -0.3 is 0 Å². The summed E-state index contributed by atoms with van der Waals surface area (Å²) in [6.45, 7) is 0. The summed E-state index contributed by atoms with van der Waals surface area (Å²) in [6.07, 6.45) is 0. The zero-order valence-electron chi connectivity index (χ0n) is 22.8. The smallest absolute Gasteiger partial charge is 0.0731 e. The SMILES string of the molecule is c1ccc2c(c1)Sc1c(-c3cccc4c3C3(c5ccccc5-c5ccccc53)c3ccccc3-4)ccc3cccc-2c13. The normalized spacial score (nSPS) is 14.3. The van der Waals surface area contributed by atoms with E-state index in [2.05, 4.69) is 146 Å². The third-order valence-corrected chi connectivity index (χ3v) is 10.9. The van der Waals surface area contributed by atoms with E-state index in [9.17, 15) is 0 Å². The number of hydrogen-bond acceptors (Lipinski definition) is 1. The summed E-state index contributed by atoms with van der Waals surface area (Å²) in [5.41, 5.74) is 15.9. The van der Waals surface area contributed by atoms with Crippen LogP contribution < -0.4 is 0 Å². The molecule has 0 saturated heterocycles. The third kappa shape index (κ3) is 2.66. The molecular formula is C41H24S. The van der Waals surface area contributed by atoms with Gasteiger partial charge in [-0.15, -0.1) is 0 Å². The Hall–Kier alpha value is -4.85. The van der Waals surface area contributed by atoms with Crippen LogP contribution in [0.1, 0.15) is 22.3 Å². The van der Waals surface area contributed by atoms with Crippen molar-refractivity contribution in [1.82, 2.24) is 0 Å². The molecule has 0 fully saturated rings. The fourth-order valence-electron chi connectivity index (χ4n) is 8.16.